The zero-order valence-electron chi connectivity index (χ0n) is 17.5. The fraction of sp³-hybridized carbons (Fsp3) is 0.320. The first kappa shape index (κ1) is 20.7. The van der Waals surface area contributed by atoms with Crippen molar-refractivity contribution in [2.24, 2.45) is 0 Å². The number of benzene rings is 3. The van der Waals surface area contributed by atoms with Gasteiger partial charge in [0.15, 0.2) is 6.10 Å². The molecule has 1 amide bonds. The maximum atomic E-state index is 12.7. The molecule has 4 heteroatoms. The molecule has 1 N–H and O–H groups in total. The molecule has 0 heterocycles. The van der Waals surface area contributed by atoms with E-state index >= 15 is 0 Å². The number of rotatable bonds is 9. The lowest BCUT2D eigenvalue weighted by molar-refractivity contribution is -0.128. The Kier molecular flexibility index (Phi) is 7.12. The van der Waals surface area contributed by atoms with Crippen LogP contribution in [0.15, 0.2) is 66.7 Å². The van der Waals surface area contributed by atoms with E-state index in [1.165, 1.54) is 5.69 Å². The second kappa shape index (κ2) is 9.97. The van der Waals surface area contributed by atoms with Crippen LogP contribution in [0.25, 0.3) is 10.8 Å². The second-order valence-electron chi connectivity index (χ2n) is 7.05. The fourth-order valence-corrected chi connectivity index (χ4v) is 3.49. The predicted molar refractivity (Wildman–Crippen MR) is 121 cm³/mol. The molecule has 0 aliphatic heterocycles. The first-order valence-electron chi connectivity index (χ1n) is 10.4. The van der Waals surface area contributed by atoms with Gasteiger partial charge in [0.1, 0.15) is 5.75 Å². The average Bonchev–Trinajstić information content (AvgIpc) is 2.77. The van der Waals surface area contributed by atoms with Crippen molar-refractivity contribution in [3.63, 3.8) is 0 Å². The summed E-state index contributed by atoms with van der Waals surface area (Å²) in [5.74, 6) is 0.655. The molecule has 0 aliphatic carbocycles. The molecule has 152 valence electrons. The summed E-state index contributed by atoms with van der Waals surface area (Å²) in [5.41, 5.74) is 2.28. The van der Waals surface area contributed by atoms with Crippen molar-refractivity contribution < 1.29 is 9.53 Å². The van der Waals surface area contributed by atoms with Crippen molar-refractivity contribution in [1.82, 2.24) is 5.32 Å². The number of nitrogens with one attached hydrogen (secondary N) is 1. The minimum absolute atomic E-state index is 0.0896. The van der Waals surface area contributed by atoms with Crippen LogP contribution in [0.1, 0.15) is 32.8 Å². The van der Waals surface area contributed by atoms with Gasteiger partial charge in [-0.15, -0.1) is 0 Å². The highest BCUT2D eigenvalue weighted by Crippen LogP contribution is 2.26. The lowest BCUT2D eigenvalue weighted by Gasteiger charge is -2.21. The fourth-order valence-electron chi connectivity index (χ4n) is 3.49. The highest BCUT2D eigenvalue weighted by molar-refractivity contribution is 5.89. The third-order valence-corrected chi connectivity index (χ3v) is 5.21. The van der Waals surface area contributed by atoms with Crippen LogP contribution >= 0.6 is 0 Å². The largest absolute Gasteiger partial charge is 0.480 e. The van der Waals surface area contributed by atoms with Gasteiger partial charge in [0.25, 0.3) is 5.91 Å². The lowest BCUT2D eigenvalue weighted by atomic mass is 10.1. The Labute approximate surface area is 173 Å². The average molecular weight is 391 g/mol. The summed E-state index contributed by atoms with van der Waals surface area (Å²) in [5, 5.41) is 5.14. The van der Waals surface area contributed by atoms with Crippen LogP contribution in [0.3, 0.4) is 0 Å². The highest BCUT2D eigenvalue weighted by atomic mass is 16.5. The van der Waals surface area contributed by atoms with Gasteiger partial charge in [-0.2, -0.15) is 0 Å². The Morgan fingerprint density at radius 1 is 0.931 bits per heavy atom. The zero-order chi connectivity index (χ0) is 20.6. The van der Waals surface area contributed by atoms with Gasteiger partial charge >= 0.3 is 0 Å². The standard InChI is InChI=1S/C25H30N2O2/c1-4-23(29-24-13-9-11-20-10-7-8-12-22(20)24)25(28)26-18-19-14-16-21(17-15-19)27(5-2)6-3/h7-17,23H,4-6,18H2,1-3H3,(H,26,28)/t23-/m1/s1. The third kappa shape index (κ3) is 5.08. The minimum Gasteiger partial charge on any atom is -0.480 e. The molecule has 0 aromatic heterocycles. The summed E-state index contributed by atoms with van der Waals surface area (Å²) in [6, 6.07) is 22.3. The van der Waals surface area contributed by atoms with E-state index in [1.54, 1.807) is 0 Å². The minimum atomic E-state index is -0.518. The first-order chi connectivity index (χ1) is 14.2. The van der Waals surface area contributed by atoms with E-state index < -0.39 is 6.10 Å². The van der Waals surface area contributed by atoms with E-state index in [4.69, 9.17) is 4.74 Å². The SMILES string of the molecule is CC[C@@H](Oc1cccc2ccccc12)C(=O)NCc1ccc(N(CC)CC)cc1. The van der Waals surface area contributed by atoms with Gasteiger partial charge in [-0.25, -0.2) is 0 Å². The number of amides is 1. The number of hydrogen-bond acceptors (Lipinski definition) is 3. The molecule has 0 aliphatic rings. The summed E-state index contributed by atoms with van der Waals surface area (Å²) in [4.78, 5) is 15.0. The molecule has 3 aromatic carbocycles. The van der Waals surface area contributed by atoms with E-state index in [1.807, 2.05) is 49.4 Å². The number of fused-ring (bicyclic) bond motifs is 1. The summed E-state index contributed by atoms with van der Waals surface area (Å²) >= 11 is 0. The molecule has 0 bridgehead atoms. The Morgan fingerprint density at radius 2 is 1.62 bits per heavy atom. The van der Waals surface area contributed by atoms with Crippen molar-refractivity contribution >= 4 is 22.4 Å². The van der Waals surface area contributed by atoms with Crippen molar-refractivity contribution in [2.75, 3.05) is 18.0 Å². The lowest BCUT2D eigenvalue weighted by Crippen LogP contribution is -2.37. The molecule has 0 unspecified atom stereocenters. The monoisotopic (exact) mass is 390 g/mol. The van der Waals surface area contributed by atoms with Gasteiger partial charge in [-0.3, -0.25) is 4.79 Å². The van der Waals surface area contributed by atoms with Gasteiger partial charge in [0.05, 0.1) is 0 Å². The summed E-state index contributed by atoms with van der Waals surface area (Å²) in [6.45, 7) is 8.73. The maximum Gasteiger partial charge on any atom is 0.261 e. The van der Waals surface area contributed by atoms with Crippen LogP contribution < -0.4 is 15.0 Å². The van der Waals surface area contributed by atoms with Crippen LogP contribution in [0, 0.1) is 0 Å². The van der Waals surface area contributed by atoms with Gasteiger partial charge in [-0.05, 0) is 49.4 Å². The van der Waals surface area contributed by atoms with E-state index in [0.29, 0.717) is 13.0 Å². The number of carbonyl (C=O) groups excluding carboxylic acids is 1. The Hall–Kier alpha value is -3.01. The molecular formula is C25H30N2O2. The van der Waals surface area contributed by atoms with Crippen LogP contribution in [-0.4, -0.2) is 25.1 Å². The molecule has 0 radical (unpaired) electrons. The predicted octanol–water partition coefficient (Wildman–Crippen LogP) is 5.16. The van der Waals surface area contributed by atoms with E-state index in [9.17, 15) is 4.79 Å². The number of carbonyl (C=O) groups is 1. The smallest absolute Gasteiger partial charge is 0.261 e. The van der Waals surface area contributed by atoms with Crippen LogP contribution in [-0.2, 0) is 11.3 Å². The van der Waals surface area contributed by atoms with Crippen LogP contribution in [0.2, 0.25) is 0 Å². The summed E-state index contributed by atoms with van der Waals surface area (Å²) in [7, 11) is 0. The molecule has 1 atom stereocenters. The highest BCUT2D eigenvalue weighted by Gasteiger charge is 2.19. The van der Waals surface area contributed by atoms with Crippen molar-refractivity contribution in [2.45, 2.75) is 39.8 Å². The molecule has 3 aromatic rings. The van der Waals surface area contributed by atoms with Crippen molar-refractivity contribution in [3.8, 4) is 5.75 Å². The first-order valence-corrected chi connectivity index (χ1v) is 10.4. The van der Waals surface area contributed by atoms with Crippen LogP contribution in [0.4, 0.5) is 5.69 Å². The molecule has 0 saturated carbocycles. The maximum absolute atomic E-state index is 12.7. The Morgan fingerprint density at radius 3 is 2.31 bits per heavy atom. The molecule has 3 rings (SSSR count). The molecule has 0 fully saturated rings. The van der Waals surface area contributed by atoms with Gasteiger partial charge in [0, 0.05) is 30.7 Å². The topological polar surface area (TPSA) is 41.6 Å². The quantitative estimate of drug-likeness (QED) is 0.549. The van der Waals surface area contributed by atoms with Crippen LogP contribution in [0.5, 0.6) is 5.75 Å². The Balaban J connectivity index is 1.63. The number of ether oxygens (including phenoxy) is 1. The second-order valence-corrected chi connectivity index (χ2v) is 7.05. The number of nitrogens with zero attached hydrogens (tertiary/aromatic N) is 1. The van der Waals surface area contributed by atoms with E-state index in [0.717, 1.165) is 35.2 Å². The summed E-state index contributed by atoms with van der Waals surface area (Å²) < 4.78 is 6.09. The van der Waals surface area contributed by atoms with Gasteiger partial charge in [-0.1, -0.05) is 55.5 Å². The molecule has 0 saturated heterocycles. The Bertz CT molecular complexity index is 928. The third-order valence-electron chi connectivity index (χ3n) is 5.21. The number of hydrogen-bond donors (Lipinski definition) is 1. The van der Waals surface area contributed by atoms with Gasteiger partial charge in [0.2, 0.25) is 0 Å². The van der Waals surface area contributed by atoms with E-state index in [-0.39, 0.29) is 5.91 Å². The zero-order valence-corrected chi connectivity index (χ0v) is 17.5. The molecule has 29 heavy (non-hydrogen) atoms. The van der Waals surface area contributed by atoms with Crippen molar-refractivity contribution in [3.05, 3.63) is 72.3 Å². The van der Waals surface area contributed by atoms with Crippen molar-refractivity contribution in [1.29, 1.82) is 0 Å². The molecule has 4 nitrogen and oxygen atoms in total. The number of anilines is 1. The molecular weight excluding hydrogens is 360 g/mol. The van der Waals surface area contributed by atoms with E-state index in [2.05, 4.69) is 48.3 Å². The normalized spacial score (nSPS) is 11.8. The van der Waals surface area contributed by atoms with Gasteiger partial charge < -0.3 is 15.0 Å². The summed E-state index contributed by atoms with van der Waals surface area (Å²) in [6.07, 6.45) is 0.0893. The molecule has 0 spiro atoms.